The molecule has 2 rings (SSSR count). The molecule has 0 aromatic heterocycles. The smallest absolute Gasteiger partial charge is 0.253 e. The lowest BCUT2D eigenvalue weighted by atomic mass is 9.98. The molecule has 1 fully saturated rings. The number of carbonyl (C=O) groups is 1. The van der Waals surface area contributed by atoms with E-state index in [1.54, 1.807) is 13.8 Å². The molecule has 1 aliphatic heterocycles. The summed E-state index contributed by atoms with van der Waals surface area (Å²) in [5.74, 6) is 0.0446. The Labute approximate surface area is 132 Å². The van der Waals surface area contributed by atoms with Crippen LogP contribution in [-0.4, -0.2) is 45.8 Å². The number of rotatable bonds is 4. The Morgan fingerprint density at radius 2 is 1.91 bits per heavy atom. The molecule has 4 nitrogen and oxygen atoms in total. The third-order valence-electron chi connectivity index (χ3n) is 4.21. The molecule has 1 aliphatic rings. The van der Waals surface area contributed by atoms with Crippen molar-refractivity contribution in [2.24, 2.45) is 0 Å². The van der Waals surface area contributed by atoms with Gasteiger partial charge >= 0.3 is 0 Å². The van der Waals surface area contributed by atoms with Crippen LogP contribution >= 0.6 is 0 Å². The Kier molecular flexibility index (Phi) is 5.59. The molecule has 0 bridgehead atoms. The number of likely N-dealkylation sites (tertiary alicyclic amines) is 1. The predicted molar refractivity (Wildman–Crippen MR) is 86.8 cm³/mol. The van der Waals surface area contributed by atoms with E-state index < -0.39 is 5.60 Å². The van der Waals surface area contributed by atoms with Crippen molar-refractivity contribution >= 4 is 5.91 Å². The van der Waals surface area contributed by atoms with Crippen molar-refractivity contribution in [2.45, 2.75) is 57.7 Å². The van der Waals surface area contributed by atoms with E-state index in [0.29, 0.717) is 24.9 Å². The van der Waals surface area contributed by atoms with Gasteiger partial charge in [-0.2, -0.15) is 0 Å². The van der Waals surface area contributed by atoms with Crippen LogP contribution in [0.2, 0.25) is 0 Å². The standard InChI is InChI=1S/C18H27NO3/c1-18(2,22)11-9-14-5-7-15(8-6-14)17(21)19-12-3-4-16(20)10-13-19/h5-8,16,20,22H,3-4,9-13H2,1-2H3. The highest BCUT2D eigenvalue weighted by Crippen LogP contribution is 2.17. The molecule has 2 N–H and O–H groups in total. The maximum atomic E-state index is 12.5. The van der Waals surface area contributed by atoms with E-state index in [9.17, 15) is 15.0 Å². The lowest BCUT2D eigenvalue weighted by Crippen LogP contribution is -2.32. The van der Waals surface area contributed by atoms with Gasteiger partial charge in [0.2, 0.25) is 0 Å². The van der Waals surface area contributed by atoms with Crippen LogP contribution in [0.3, 0.4) is 0 Å². The third kappa shape index (κ3) is 5.11. The van der Waals surface area contributed by atoms with Crippen molar-refractivity contribution in [3.8, 4) is 0 Å². The highest BCUT2D eigenvalue weighted by molar-refractivity contribution is 5.94. The first-order valence-corrected chi connectivity index (χ1v) is 8.14. The van der Waals surface area contributed by atoms with Crippen LogP contribution in [0.5, 0.6) is 0 Å². The number of nitrogens with zero attached hydrogens (tertiary/aromatic N) is 1. The summed E-state index contributed by atoms with van der Waals surface area (Å²) in [5, 5.41) is 19.4. The Morgan fingerprint density at radius 3 is 2.55 bits per heavy atom. The summed E-state index contributed by atoms with van der Waals surface area (Å²) in [6.07, 6.45) is 3.52. The fourth-order valence-electron chi connectivity index (χ4n) is 2.73. The van der Waals surface area contributed by atoms with Gasteiger partial charge in [0.1, 0.15) is 0 Å². The fraction of sp³-hybridized carbons (Fsp3) is 0.611. The van der Waals surface area contributed by atoms with Crippen molar-refractivity contribution in [3.05, 3.63) is 35.4 Å². The maximum absolute atomic E-state index is 12.5. The minimum atomic E-state index is -0.665. The average molecular weight is 305 g/mol. The summed E-state index contributed by atoms with van der Waals surface area (Å²) in [6.45, 7) is 4.95. The highest BCUT2D eigenvalue weighted by atomic mass is 16.3. The lowest BCUT2D eigenvalue weighted by molar-refractivity contribution is 0.0711. The van der Waals surface area contributed by atoms with Crippen LogP contribution in [0.4, 0.5) is 0 Å². The molecule has 0 spiro atoms. The number of aryl methyl sites for hydroxylation is 1. The Morgan fingerprint density at radius 1 is 1.23 bits per heavy atom. The van der Waals surface area contributed by atoms with Crippen molar-refractivity contribution in [3.63, 3.8) is 0 Å². The fourth-order valence-corrected chi connectivity index (χ4v) is 2.73. The molecule has 0 saturated carbocycles. The zero-order valence-corrected chi connectivity index (χ0v) is 13.6. The van der Waals surface area contributed by atoms with E-state index >= 15 is 0 Å². The number of carbonyl (C=O) groups excluding carboxylic acids is 1. The molecule has 4 heteroatoms. The van der Waals surface area contributed by atoms with Crippen LogP contribution in [0.15, 0.2) is 24.3 Å². The van der Waals surface area contributed by atoms with Crippen molar-refractivity contribution in [1.29, 1.82) is 0 Å². The molecule has 0 radical (unpaired) electrons. The zero-order chi connectivity index (χ0) is 16.2. The van der Waals surface area contributed by atoms with Gasteiger partial charge in [-0.1, -0.05) is 12.1 Å². The van der Waals surface area contributed by atoms with E-state index in [2.05, 4.69) is 0 Å². The van der Waals surface area contributed by atoms with Gasteiger partial charge in [0, 0.05) is 18.7 Å². The van der Waals surface area contributed by atoms with Crippen LogP contribution in [0.1, 0.15) is 55.5 Å². The SMILES string of the molecule is CC(C)(O)CCc1ccc(C(=O)N2CCCC(O)CC2)cc1. The van der Waals surface area contributed by atoms with Gasteiger partial charge in [-0.25, -0.2) is 0 Å². The lowest BCUT2D eigenvalue weighted by Gasteiger charge is -2.20. The zero-order valence-electron chi connectivity index (χ0n) is 13.6. The van der Waals surface area contributed by atoms with Gasteiger partial charge in [-0.15, -0.1) is 0 Å². The molecule has 22 heavy (non-hydrogen) atoms. The number of hydrogen-bond donors (Lipinski definition) is 2. The Bertz CT molecular complexity index is 490. The van der Waals surface area contributed by atoms with Crippen LogP contribution in [-0.2, 0) is 6.42 Å². The summed E-state index contributed by atoms with van der Waals surface area (Å²) in [6, 6.07) is 7.66. The number of amides is 1. The normalized spacial score (nSPS) is 19.8. The Balaban J connectivity index is 1.96. The first-order chi connectivity index (χ1) is 10.3. The summed E-state index contributed by atoms with van der Waals surface area (Å²) in [5.41, 5.74) is 1.16. The first-order valence-electron chi connectivity index (χ1n) is 8.14. The van der Waals surface area contributed by atoms with E-state index in [1.165, 1.54) is 0 Å². The van der Waals surface area contributed by atoms with Gasteiger partial charge in [0.15, 0.2) is 0 Å². The second-order valence-corrected chi connectivity index (χ2v) is 6.89. The average Bonchev–Trinajstić information content (AvgIpc) is 2.69. The largest absolute Gasteiger partial charge is 0.393 e. The van der Waals surface area contributed by atoms with Crippen LogP contribution in [0.25, 0.3) is 0 Å². The number of aliphatic hydroxyl groups excluding tert-OH is 1. The van der Waals surface area contributed by atoms with Crippen LogP contribution < -0.4 is 0 Å². The molecule has 1 aromatic carbocycles. The van der Waals surface area contributed by atoms with Crippen molar-refractivity contribution in [2.75, 3.05) is 13.1 Å². The highest BCUT2D eigenvalue weighted by Gasteiger charge is 2.20. The molecule has 122 valence electrons. The summed E-state index contributed by atoms with van der Waals surface area (Å²) < 4.78 is 0. The molecule has 1 amide bonds. The van der Waals surface area contributed by atoms with Crippen molar-refractivity contribution in [1.82, 2.24) is 4.90 Å². The molecule has 1 unspecified atom stereocenters. The molecule has 1 aromatic rings. The first kappa shape index (κ1) is 17.0. The molecule has 0 aliphatic carbocycles. The van der Waals surface area contributed by atoms with Gasteiger partial charge in [0.25, 0.3) is 5.91 Å². The van der Waals surface area contributed by atoms with Crippen molar-refractivity contribution < 1.29 is 15.0 Å². The number of aliphatic hydroxyl groups is 2. The van der Waals surface area contributed by atoms with Gasteiger partial charge < -0.3 is 15.1 Å². The molecule has 1 saturated heterocycles. The molecular formula is C18H27NO3. The van der Waals surface area contributed by atoms with Gasteiger partial charge in [-0.3, -0.25) is 4.79 Å². The summed E-state index contributed by atoms with van der Waals surface area (Å²) in [4.78, 5) is 14.3. The topological polar surface area (TPSA) is 60.8 Å². The predicted octanol–water partition coefficient (Wildman–Crippen LogP) is 2.38. The molecule has 1 atom stereocenters. The van der Waals surface area contributed by atoms with E-state index in [4.69, 9.17) is 0 Å². The Hall–Kier alpha value is -1.39. The quantitative estimate of drug-likeness (QED) is 0.898. The minimum absolute atomic E-state index is 0.0446. The third-order valence-corrected chi connectivity index (χ3v) is 4.21. The second-order valence-electron chi connectivity index (χ2n) is 6.89. The minimum Gasteiger partial charge on any atom is -0.393 e. The second kappa shape index (κ2) is 7.25. The molecule has 1 heterocycles. The number of hydrogen-bond acceptors (Lipinski definition) is 3. The van der Waals surface area contributed by atoms with Gasteiger partial charge in [0.05, 0.1) is 11.7 Å². The van der Waals surface area contributed by atoms with E-state index in [0.717, 1.165) is 31.4 Å². The van der Waals surface area contributed by atoms with E-state index in [1.807, 2.05) is 29.2 Å². The monoisotopic (exact) mass is 305 g/mol. The summed E-state index contributed by atoms with van der Waals surface area (Å²) in [7, 11) is 0. The maximum Gasteiger partial charge on any atom is 0.253 e. The summed E-state index contributed by atoms with van der Waals surface area (Å²) >= 11 is 0. The van der Waals surface area contributed by atoms with E-state index in [-0.39, 0.29) is 12.0 Å². The van der Waals surface area contributed by atoms with Gasteiger partial charge in [-0.05, 0) is 63.6 Å². The molecular weight excluding hydrogens is 278 g/mol. The van der Waals surface area contributed by atoms with Crippen LogP contribution in [0, 0.1) is 0 Å². The number of benzene rings is 1.